The molecule has 0 fully saturated rings. The van der Waals surface area contributed by atoms with E-state index in [4.69, 9.17) is 0 Å². The Morgan fingerprint density at radius 1 is 1.50 bits per heavy atom. The number of rotatable bonds is 2. The Kier molecular flexibility index (Phi) is 2.16. The minimum absolute atomic E-state index is 0.380. The number of hydrogen-bond donors (Lipinski definition) is 0. The van der Waals surface area contributed by atoms with E-state index in [1.807, 2.05) is 13.0 Å². The normalized spacial score (nSPS) is 19.2. The first-order valence-corrected chi connectivity index (χ1v) is 4.89. The van der Waals surface area contributed by atoms with Gasteiger partial charge in [0, 0.05) is 11.4 Å². The van der Waals surface area contributed by atoms with E-state index >= 15 is 0 Å². The van der Waals surface area contributed by atoms with E-state index in [0.29, 0.717) is 6.04 Å². The molecule has 0 saturated heterocycles. The van der Waals surface area contributed by atoms with Crippen molar-refractivity contribution in [3.63, 3.8) is 0 Å². The molecular formula is C13H15N. The highest BCUT2D eigenvalue weighted by Gasteiger charge is 2.26. The van der Waals surface area contributed by atoms with Crippen molar-refractivity contribution in [2.75, 3.05) is 4.90 Å². The third-order valence-corrected chi connectivity index (χ3v) is 2.70. The fourth-order valence-corrected chi connectivity index (χ4v) is 2.09. The van der Waals surface area contributed by atoms with Crippen molar-refractivity contribution in [1.82, 2.24) is 0 Å². The van der Waals surface area contributed by atoms with Crippen molar-refractivity contribution in [3.05, 3.63) is 54.8 Å². The third kappa shape index (κ3) is 1.25. The summed E-state index contributed by atoms with van der Waals surface area (Å²) in [4.78, 5) is 2.25. The number of allylic oxidation sites excluding steroid dienone is 1. The molecule has 0 spiro atoms. The predicted molar refractivity (Wildman–Crippen MR) is 61.4 cm³/mol. The van der Waals surface area contributed by atoms with Crippen LogP contribution >= 0.6 is 0 Å². The maximum absolute atomic E-state index is 4.01. The molecule has 0 aliphatic carbocycles. The Morgan fingerprint density at radius 2 is 2.21 bits per heavy atom. The number of nitrogens with zero attached hydrogens (tertiary/aromatic N) is 1. The SMILES string of the molecule is C=CC1Cc2ccccc2N1C(=C)C. The van der Waals surface area contributed by atoms with Crippen LogP contribution in [0.1, 0.15) is 12.5 Å². The summed E-state index contributed by atoms with van der Waals surface area (Å²) in [5.74, 6) is 0. The topological polar surface area (TPSA) is 3.24 Å². The standard InChI is InChI=1S/C13H15N/c1-4-12-9-11-7-5-6-8-13(11)14(12)10(2)3/h4-8,12H,1-2,9H2,3H3. The molecule has 72 valence electrons. The molecule has 0 radical (unpaired) electrons. The van der Waals surface area contributed by atoms with Gasteiger partial charge in [-0.25, -0.2) is 0 Å². The second-order valence-electron chi connectivity index (χ2n) is 3.74. The molecule has 1 aromatic rings. The van der Waals surface area contributed by atoms with Crippen LogP contribution in [0.4, 0.5) is 5.69 Å². The van der Waals surface area contributed by atoms with Gasteiger partial charge >= 0.3 is 0 Å². The van der Waals surface area contributed by atoms with Crippen molar-refractivity contribution in [2.24, 2.45) is 0 Å². The summed E-state index contributed by atoms with van der Waals surface area (Å²) in [5.41, 5.74) is 3.75. The van der Waals surface area contributed by atoms with Gasteiger partial charge in [-0.15, -0.1) is 6.58 Å². The summed E-state index contributed by atoms with van der Waals surface area (Å²) >= 11 is 0. The molecule has 1 atom stereocenters. The molecule has 1 nitrogen and oxygen atoms in total. The molecule has 1 aliphatic rings. The molecule has 1 unspecified atom stereocenters. The zero-order chi connectivity index (χ0) is 10.1. The molecule has 0 saturated carbocycles. The highest BCUT2D eigenvalue weighted by Crippen LogP contribution is 2.34. The van der Waals surface area contributed by atoms with Gasteiger partial charge in [0.15, 0.2) is 0 Å². The van der Waals surface area contributed by atoms with E-state index in [1.54, 1.807) is 0 Å². The molecule has 1 heterocycles. The molecule has 1 heteroatoms. The van der Waals surface area contributed by atoms with Gasteiger partial charge in [-0.1, -0.05) is 30.9 Å². The Morgan fingerprint density at radius 3 is 2.86 bits per heavy atom. The van der Waals surface area contributed by atoms with E-state index in [-0.39, 0.29) is 0 Å². The maximum Gasteiger partial charge on any atom is 0.0557 e. The number of para-hydroxylation sites is 1. The highest BCUT2D eigenvalue weighted by molar-refractivity contribution is 5.63. The minimum Gasteiger partial charge on any atom is -0.339 e. The Bertz CT molecular complexity index is 379. The third-order valence-electron chi connectivity index (χ3n) is 2.70. The Balaban J connectivity index is 2.47. The van der Waals surface area contributed by atoms with Gasteiger partial charge in [0.25, 0.3) is 0 Å². The van der Waals surface area contributed by atoms with Crippen molar-refractivity contribution in [2.45, 2.75) is 19.4 Å². The first-order chi connectivity index (χ1) is 6.74. The van der Waals surface area contributed by atoms with Crippen LogP contribution in [0.3, 0.4) is 0 Å². The van der Waals surface area contributed by atoms with Gasteiger partial charge in [-0.05, 0) is 25.0 Å². The molecule has 0 bridgehead atoms. The summed E-state index contributed by atoms with van der Waals surface area (Å²) in [6.07, 6.45) is 3.04. The Hall–Kier alpha value is -1.50. The van der Waals surface area contributed by atoms with Crippen molar-refractivity contribution < 1.29 is 0 Å². The van der Waals surface area contributed by atoms with Gasteiger partial charge in [-0.3, -0.25) is 0 Å². The lowest BCUT2D eigenvalue weighted by molar-refractivity contribution is 0.803. The average Bonchev–Trinajstić information content (AvgIpc) is 2.55. The molecule has 0 aromatic heterocycles. The Labute approximate surface area is 85.4 Å². The van der Waals surface area contributed by atoms with Gasteiger partial charge in [0.05, 0.1) is 6.04 Å². The second-order valence-corrected chi connectivity index (χ2v) is 3.74. The van der Waals surface area contributed by atoms with Crippen LogP contribution in [0.5, 0.6) is 0 Å². The quantitative estimate of drug-likeness (QED) is 0.640. The molecule has 14 heavy (non-hydrogen) atoms. The zero-order valence-electron chi connectivity index (χ0n) is 8.53. The molecule has 1 aliphatic heterocycles. The molecule has 2 rings (SSSR count). The lowest BCUT2D eigenvalue weighted by atomic mass is 10.1. The predicted octanol–water partition coefficient (Wildman–Crippen LogP) is 3.14. The molecule has 0 amide bonds. The lowest BCUT2D eigenvalue weighted by Crippen LogP contribution is -2.27. The van der Waals surface area contributed by atoms with E-state index in [1.165, 1.54) is 11.3 Å². The summed E-state index contributed by atoms with van der Waals surface area (Å²) in [5, 5.41) is 0. The summed E-state index contributed by atoms with van der Waals surface area (Å²) in [6.45, 7) is 9.93. The van der Waals surface area contributed by atoms with Crippen molar-refractivity contribution in [3.8, 4) is 0 Å². The monoisotopic (exact) mass is 185 g/mol. The van der Waals surface area contributed by atoms with Crippen LogP contribution in [0.2, 0.25) is 0 Å². The first kappa shape index (κ1) is 9.07. The van der Waals surface area contributed by atoms with Gasteiger partial charge in [-0.2, -0.15) is 0 Å². The van der Waals surface area contributed by atoms with Gasteiger partial charge < -0.3 is 4.90 Å². The fourth-order valence-electron chi connectivity index (χ4n) is 2.09. The average molecular weight is 185 g/mol. The zero-order valence-corrected chi connectivity index (χ0v) is 8.53. The van der Waals surface area contributed by atoms with Crippen LogP contribution in [0.25, 0.3) is 0 Å². The van der Waals surface area contributed by atoms with Crippen molar-refractivity contribution >= 4 is 5.69 Å². The number of fused-ring (bicyclic) bond motifs is 1. The van der Waals surface area contributed by atoms with E-state index in [2.05, 4.69) is 42.3 Å². The smallest absolute Gasteiger partial charge is 0.0557 e. The van der Waals surface area contributed by atoms with Crippen LogP contribution in [0.15, 0.2) is 49.2 Å². The van der Waals surface area contributed by atoms with E-state index < -0.39 is 0 Å². The first-order valence-electron chi connectivity index (χ1n) is 4.89. The lowest BCUT2D eigenvalue weighted by Gasteiger charge is -2.25. The van der Waals surface area contributed by atoms with Crippen LogP contribution in [-0.2, 0) is 6.42 Å². The van der Waals surface area contributed by atoms with Crippen molar-refractivity contribution in [1.29, 1.82) is 0 Å². The fraction of sp³-hybridized carbons (Fsp3) is 0.231. The highest BCUT2D eigenvalue weighted by atomic mass is 15.2. The van der Waals surface area contributed by atoms with E-state index in [0.717, 1.165) is 12.1 Å². The molecular weight excluding hydrogens is 170 g/mol. The summed E-state index contributed by atoms with van der Waals surface area (Å²) < 4.78 is 0. The minimum atomic E-state index is 0.380. The molecule has 0 N–H and O–H groups in total. The number of anilines is 1. The maximum atomic E-state index is 4.01. The largest absolute Gasteiger partial charge is 0.339 e. The molecule has 1 aromatic carbocycles. The number of hydrogen-bond acceptors (Lipinski definition) is 1. The summed E-state index contributed by atoms with van der Waals surface area (Å²) in [7, 11) is 0. The second kappa shape index (κ2) is 3.33. The van der Waals surface area contributed by atoms with Crippen LogP contribution in [-0.4, -0.2) is 6.04 Å². The van der Waals surface area contributed by atoms with Gasteiger partial charge in [0.2, 0.25) is 0 Å². The van der Waals surface area contributed by atoms with Crippen LogP contribution in [0, 0.1) is 0 Å². The van der Waals surface area contributed by atoms with E-state index in [9.17, 15) is 0 Å². The van der Waals surface area contributed by atoms with Crippen LogP contribution < -0.4 is 4.90 Å². The van der Waals surface area contributed by atoms with Gasteiger partial charge in [0.1, 0.15) is 0 Å². The number of benzene rings is 1. The summed E-state index contributed by atoms with van der Waals surface area (Å²) in [6, 6.07) is 8.86.